The summed E-state index contributed by atoms with van der Waals surface area (Å²) in [7, 11) is 0. The minimum atomic E-state index is -1.25. The summed E-state index contributed by atoms with van der Waals surface area (Å²) in [5, 5.41) is 18.2. The summed E-state index contributed by atoms with van der Waals surface area (Å²) in [6.07, 6.45) is 7.22. The standard InChI is InChI=1S/C26H28F2N2O4/c27-23-15(13-21(29)25(31)32)7-5-11-19(23)17-9-3-1-2-4-10-18(17)20-12-6-8-16(24(20)28)14-22(30)26(33)34/h1,3,5-9,11-12,18,21-22H,2,4,10,13-14,29-30H2,(H,31,32)(H,33,34)/b3-1-,17-9+. The van der Waals surface area contributed by atoms with Crippen molar-refractivity contribution in [1.29, 1.82) is 0 Å². The lowest BCUT2D eigenvalue weighted by molar-refractivity contribution is -0.139. The molecule has 6 nitrogen and oxygen atoms in total. The molecule has 3 rings (SSSR count). The molecule has 0 spiro atoms. The SMILES string of the molecule is NC(Cc1cccc(/C2=C/C=C\CCCC2c2cccc(CC(N)C(=O)O)c2F)c1F)C(=O)O. The van der Waals surface area contributed by atoms with Crippen molar-refractivity contribution < 1.29 is 28.6 Å². The van der Waals surface area contributed by atoms with Crippen LogP contribution in [0.15, 0.2) is 54.6 Å². The molecule has 0 amide bonds. The van der Waals surface area contributed by atoms with E-state index in [0.29, 0.717) is 17.6 Å². The number of benzene rings is 2. The van der Waals surface area contributed by atoms with Gasteiger partial charge < -0.3 is 21.7 Å². The van der Waals surface area contributed by atoms with Gasteiger partial charge in [-0.1, -0.05) is 54.6 Å². The van der Waals surface area contributed by atoms with E-state index in [1.807, 2.05) is 6.08 Å². The van der Waals surface area contributed by atoms with Gasteiger partial charge in [-0.3, -0.25) is 9.59 Å². The largest absolute Gasteiger partial charge is 0.480 e. The normalized spacial score (nSPS) is 20.4. The highest BCUT2D eigenvalue weighted by molar-refractivity contribution is 5.76. The molecule has 0 bridgehead atoms. The molecular formula is C26H28F2N2O4. The van der Waals surface area contributed by atoms with E-state index in [1.165, 1.54) is 12.1 Å². The minimum absolute atomic E-state index is 0.166. The Morgan fingerprint density at radius 1 is 0.941 bits per heavy atom. The number of carboxylic acid groups (broad SMARTS) is 2. The average Bonchev–Trinajstić information content (AvgIpc) is 2.77. The van der Waals surface area contributed by atoms with Crippen LogP contribution in [0.4, 0.5) is 8.78 Å². The molecule has 8 heteroatoms. The lowest BCUT2D eigenvalue weighted by Gasteiger charge is -2.25. The van der Waals surface area contributed by atoms with Crippen LogP contribution in [0.1, 0.15) is 47.4 Å². The molecule has 0 heterocycles. The number of carbonyl (C=O) groups is 2. The first-order valence-electron chi connectivity index (χ1n) is 11.1. The first kappa shape index (κ1) is 25.3. The fraction of sp³-hybridized carbons (Fsp3) is 0.308. The Bertz CT molecular complexity index is 1130. The van der Waals surface area contributed by atoms with Crippen LogP contribution in [0.3, 0.4) is 0 Å². The summed E-state index contributed by atoms with van der Waals surface area (Å²) >= 11 is 0. The van der Waals surface area contributed by atoms with Gasteiger partial charge in [-0.2, -0.15) is 0 Å². The van der Waals surface area contributed by atoms with Crippen LogP contribution in [0.2, 0.25) is 0 Å². The maximum atomic E-state index is 15.6. The van der Waals surface area contributed by atoms with E-state index in [1.54, 1.807) is 36.4 Å². The van der Waals surface area contributed by atoms with Crippen LogP contribution in [-0.4, -0.2) is 34.2 Å². The third-order valence-electron chi connectivity index (χ3n) is 6.04. The number of hydrogen-bond donors (Lipinski definition) is 4. The van der Waals surface area contributed by atoms with Crippen LogP contribution >= 0.6 is 0 Å². The summed E-state index contributed by atoms with van der Waals surface area (Å²) < 4.78 is 31.1. The third kappa shape index (κ3) is 5.76. The number of carboxylic acids is 2. The first-order valence-corrected chi connectivity index (χ1v) is 11.1. The van der Waals surface area contributed by atoms with E-state index in [-0.39, 0.29) is 29.5 Å². The molecule has 1 aliphatic rings. The second-order valence-electron chi connectivity index (χ2n) is 8.43. The van der Waals surface area contributed by atoms with Crippen LogP contribution in [-0.2, 0) is 22.4 Å². The van der Waals surface area contributed by atoms with E-state index in [9.17, 15) is 9.59 Å². The predicted octanol–water partition coefficient (Wildman–Crippen LogP) is 3.78. The Balaban J connectivity index is 2.07. The summed E-state index contributed by atoms with van der Waals surface area (Å²) in [5.41, 5.74) is 12.7. The van der Waals surface area contributed by atoms with Gasteiger partial charge in [0, 0.05) is 24.3 Å². The molecule has 0 aliphatic heterocycles. The van der Waals surface area contributed by atoms with E-state index in [4.69, 9.17) is 21.7 Å². The van der Waals surface area contributed by atoms with E-state index in [2.05, 4.69) is 0 Å². The molecule has 2 aromatic rings. The molecule has 0 aromatic heterocycles. The quantitative estimate of drug-likeness (QED) is 0.465. The van der Waals surface area contributed by atoms with Gasteiger partial charge in [0.1, 0.15) is 23.7 Å². The van der Waals surface area contributed by atoms with Crippen LogP contribution in [0.25, 0.3) is 5.57 Å². The van der Waals surface area contributed by atoms with Crippen molar-refractivity contribution in [2.45, 2.75) is 50.1 Å². The fourth-order valence-corrected chi connectivity index (χ4v) is 4.22. The Morgan fingerprint density at radius 2 is 1.53 bits per heavy atom. The molecule has 0 radical (unpaired) electrons. The smallest absolute Gasteiger partial charge is 0.320 e. The number of hydrogen-bond acceptors (Lipinski definition) is 4. The minimum Gasteiger partial charge on any atom is -0.480 e. The molecule has 0 saturated heterocycles. The second kappa shape index (κ2) is 11.2. The van der Waals surface area contributed by atoms with E-state index >= 15 is 8.78 Å². The van der Waals surface area contributed by atoms with Gasteiger partial charge in [-0.15, -0.1) is 0 Å². The molecule has 180 valence electrons. The summed E-state index contributed by atoms with van der Waals surface area (Å²) in [5.74, 6) is -4.09. The number of halogens is 2. The second-order valence-corrected chi connectivity index (χ2v) is 8.43. The maximum Gasteiger partial charge on any atom is 0.320 e. The lowest BCUT2D eigenvalue weighted by Crippen LogP contribution is -2.32. The summed E-state index contributed by atoms with van der Waals surface area (Å²) in [6.45, 7) is 0. The van der Waals surface area contributed by atoms with Gasteiger partial charge in [0.25, 0.3) is 0 Å². The van der Waals surface area contributed by atoms with Crippen molar-refractivity contribution in [3.63, 3.8) is 0 Å². The fourth-order valence-electron chi connectivity index (χ4n) is 4.22. The molecule has 1 aliphatic carbocycles. The molecule has 3 unspecified atom stereocenters. The maximum absolute atomic E-state index is 15.6. The first-order chi connectivity index (χ1) is 16.2. The van der Waals surface area contributed by atoms with Crippen LogP contribution < -0.4 is 11.5 Å². The van der Waals surface area contributed by atoms with Crippen molar-refractivity contribution in [3.8, 4) is 0 Å². The Hall–Kier alpha value is -3.36. The number of nitrogens with two attached hydrogens (primary N) is 2. The van der Waals surface area contributed by atoms with Gasteiger partial charge in [0.2, 0.25) is 0 Å². The van der Waals surface area contributed by atoms with Crippen molar-refractivity contribution >= 4 is 17.5 Å². The van der Waals surface area contributed by atoms with Crippen molar-refractivity contribution in [3.05, 3.63) is 88.5 Å². The average molecular weight is 471 g/mol. The summed E-state index contributed by atoms with van der Waals surface area (Å²) in [4.78, 5) is 22.3. The van der Waals surface area contributed by atoms with Crippen LogP contribution in [0, 0.1) is 11.6 Å². The highest BCUT2D eigenvalue weighted by Gasteiger charge is 2.27. The molecule has 3 atom stereocenters. The van der Waals surface area contributed by atoms with Crippen LogP contribution in [0.5, 0.6) is 0 Å². The van der Waals surface area contributed by atoms with E-state index < -0.39 is 41.6 Å². The lowest BCUT2D eigenvalue weighted by atomic mass is 9.80. The Labute approximate surface area is 196 Å². The van der Waals surface area contributed by atoms with Crippen molar-refractivity contribution in [2.75, 3.05) is 0 Å². The number of rotatable bonds is 8. The zero-order valence-electron chi connectivity index (χ0n) is 18.6. The predicted molar refractivity (Wildman–Crippen MR) is 125 cm³/mol. The molecule has 34 heavy (non-hydrogen) atoms. The summed E-state index contributed by atoms with van der Waals surface area (Å²) in [6, 6.07) is 6.98. The monoisotopic (exact) mass is 470 g/mol. The Kier molecular flexibility index (Phi) is 8.31. The zero-order chi connectivity index (χ0) is 24.8. The Morgan fingerprint density at radius 3 is 2.15 bits per heavy atom. The third-order valence-corrected chi connectivity index (χ3v) is 6.04. The van der Waals surface area contributed by atoms with Gasteiger partial charge >= 0.3 is 11.9 Å². The molecule has 2 aromatic carbocycles. The molecule has 0 fully saturated rings. The highest BCUT2D eigenvalue weighted by atomic mass is 19.1. The van der Waals surface area contributed by atoms with Gasteiger partial charge in [0.15, 0.2) is 0 Å². The van der Waals surface area contributed by atoms with Crippen molar-refractivity contribution in [1.82, 2.24) is 0 Å². The van der Waals surface area contributed by atoms with Crippen molar-refractivity contribution in [2.24, 2.45) is 11.5 Å². The van der Waals surface area contributed by atoms with E-state index in [0.717, 1.165) is 12.8 Å². The topological polar surface area (TPSA) is 127 Å². The zero-order valence-corrected chi connectivity index (χ0v) is 18.6. The van der Waals surface area contributed by atoms with Gasteiger partial charge in [-0.25, -0.2) is 8.78 Å². The number of aliphatic carboxylic acids is 2. The van der Waals surface area contributed by atoms with Gasteiger partial charge in [0.05, 0.1) is 0 Å². The molecular weight excluding hydrogens is 442 g/mol. The molecule has 0 saturated carbocycles. The molecule has 6 N–H and O–H groups in total. The highest BCUT2D eigenvalue weighted by Crippen LogP contribution is 2.40. The number of allylic oxidation sites excluding steroid dienone is 4. The van der Waals surface area contributed by atoms with Gasteiger partial charge in [-0.05, 0) is 41.5 Å².